The van der Waals surface area contributed by atoms with Gasteiger partial charge in [0, 0.05) is 132 Å². The lowest BCUT2D eigenvalue weighted by Crippen LogP contribution is -2.55. The molecule has 4 saturated heterocycles. The number of aliphatic imine (C=N–C) groups is 1. The monoisotopic (exact) mass is 978 g/mol. The summed E-state index contributed by atoms with van der Waals surface area (Å²) >= 11 is 0. The molecule has 4 aromatic rings. The lowest BCUT2D eigenvalue weighted by atomic mass is 9.89. The standard InChI is InChI=1S/C52H63N15O5/c1-32-30-65(43-26-35(12-15-53-43)46-40-27-37(7-6-36(40)29-54-46)55-48(70)45-33(2)60(5)51-57-58-59-67(51)52(45,3)4)25-24-63(32)23-22-61-18-20-62(21-19-61)31-34-13-16-64(17-14-34)38-8-9-39-41(28-38)50(72)66(49(39)71)42-10-11-44(68)56-47(42)69/h6-9,12,15,26-28,32,34,42H,10-11,13-14,16-25,29-31H2,1-5H3,(H,55,70)(H,56,68,69)/t32-,42?/m0/s1. The van der Waals surface area contributed by atoms with Gasteiger partial charge < -0.3 is 24.9 Å². The van der Waals surface area contributed by atoms with Crippen molar-refractivity contribution in [1.82, 2.24) is 50.1 Å². The van der Waals surface area contributed by atoms with Gasteiger partial charge in [0.2, 0.25) is 17.8 Å². The van der Waals surface area contributed by atoms with Crippen LogP contribution in [-0.4, -0.2) is 178 Å². The number of pyridine rings is 1. The van der Waals surface area contributed by atoms with Crippen LogP contribution in [0.4, 0.5) is 23.1 Å². The highest BCUT2D eigenvalue weighted by Crippen LogP contribution is 2.38. The van der Waals surface area contributed by atoms with Gasteiger partial charge in [-0.1, -0.05) is 11.2 Å². The van der Waals surface area contributed by atoms with Crippen molar-refractivity contribution in [2.75, 3.05) is 106 Å². The van der Waals surface area contributed by atoms with Gasteiger partial charge in [0.1, 0.15) is 11.9 Å². The number of nitrogens with one attached hydrogen (secondary N) is 2. The Bertz CT molecular complexity index is 2910. The number of benzene rings is 2. The molecule has 7 aliphatic rings. The minimum atomic E-state index is -0.964. The lowest BCUT2D eigenvalue weighted by Gasteiger charge is -2.42. The van der Waals surface area contributed by atoms with Crippen LogP contribution in [-0.2, 0) is 26.5 Å². The summed E-state index contributed by atoms with van der Waals surface area (Å²) in [5.41, 5.74) is 6.94. The van der Waals surface area contributed by atoms with Crippen LogP contribution in [0.15, 0.2) is 71.0 Å². The molecule has 7 aliphatic heterocycles. The number of fused-ring (bicyclic) bond motifs is 3. The van der Waals surface area contributed by atoms with Crippen molar-refractivity contribution >= 4 is 58.4 Å². The number of aromatic nitrogens is 5. The molecule has 5 amide bonds. The van der Waals surface area contributed by atoms with Crippen molar-refractivity contribution in [2.45, 2.75) is 77.5 Å². The van der Waals surface area contributed by atoms with Crippen molar-refractivity contribution in [3.8, 4) is 0 Å². The van der Waals surface area contributed by atoms with Gasteiger partial charge in [-0.25, -0.2) is 9.67 Å². The van der Waals surface area contributed by atoms with Crippen LogP contribution >= 0.6 is 0 Å². The van der Waals surface area contributed by atoms with Crippen molar-refractivity contribution in [3.05, 3.63) is 93.8 Å². The highest BCUT2D eigenvalue weighted by atomic mass is 16.2. The third kappa shape index (κ3) is 8.71. The van der Waals surface area contributed by atoms with Gasteiger partial charge in [0.05, 0.1) is 34.5 Å². The van der Waals surface area contributed by atoms with Crippen molar-refractivity contribution in [2.24, 2.45) is 10.9 Å². The first-order chi connectivity index (χ1) is 34.7. The molecule has 2 aromatic carbocycles. The zero-order valence-electron chi connectivity index (χ0n) is 41.8. The summed E-state index contributed by atoms with van der Waals surface area (Å²) in [7, 11) is 1.86. The Morgan fingerprint density at radius 1 is 0.833 bits per heavy atom. The Morgan fingerprint density at radius 3 is 2.39 bits per heavy atom. The number of hydrogen-bond acceptors (Lipinski definition) is 16. The number of hydrogen-bond donors (Lipinski definition) is 2. The fourth-order valence-electron chi connectivity index (χ4n) is 11.9. The van der Waals surface area contributed by atoms with Gasteiger partial charge in [-0.05, 0) is 111 Å². The number of carbonyl (C=O) groups is 5. The Hall–Kier alpha value is -6.90. The molecule has 376 valence electrons. The molecular weight excluding hydrogens is 915 g/mol. The number of tetrazole rings is 1. The number of imide groups is 2. The largest absolute Gasteiger partial charge is 0.371 e. The predicted octanol–water partition coefficient (Wildman–Crippen LogP) is 2.96. The van der Waals surface area contributed by atoms with Gasteiger partial charge in [0.15, 0.2) is 0 Å². The summed E-state index contributed by atoms with van der Waals surface area (Å²) in [5.74, 6) is 0.0225. The third-order valence-electron chi connectivity index (χ3n) is 16.2. The molecule has 20 heteroatoms. The molecule has 4 fully saturated rings. The second-order valence-corrected chi connectivity index (χ2v) is 20.9. The minimum absolute atomic E-state index is 0.100. The van der Waals surface area contributed by atoms with E-state index in [9.17, 15) is 24.0 Å². The van der Waals surface area contributed by atoms with Crippen LogP contribution < -0.4 is 25.3 Å². The summed E-state index contributed by atoms with van der Waals surface area (Å²) in [5, 5.41) is 17.6. The van der Waals surface area contributed by atoms with Crippen molar-refractivity contribution in [3.63, 3.8) is 0 Å². The molecule has 0 spiro atoms. The highest BCUT2D eigenvalue weighted by Gasteiger charge is 2.45. The van der Waals surface area contributed by atoms with Crippen LogP contribution in [0.2, 0.25) is 0 Å². The van der Waals surface area contributed by atoms with E-state index in [1.807, 2.05) is 63.2 Å². The Kier molecular flexibility index (Phi) is 12.5. The fraction of sp³-hybridized carbons (Fsp3) is 0.500. The Labute approximate surface area is 419 Å². The van der Waals surface area contributed by atoms with E-state index < -0.39 is 29.3 Å². The number of carbonyl (C=O) groups excluding carboxylic acids is 5. The van der Waals surface area contributed by atoms with Crippen LogP contribution in [0, 0.1) is 5.92 Å². The first-order valence-corrected chi connectivity index (χ1v) is 25.5. The number of piperazine rings is 2. The van der Waals surface area contributed by atoms with E-state index in [4.69, 9.17) is 9.98 Å². The van der Waals surface area contributed by atoms with Gasteiger partial charge in [-0.3, -0.25) is 49.0 Å². The summed E-state index contributed by atoms with van der Waals surface area (Å²) < 4.78 is 1.68. The molecule has 2 N–H and O–H groups in total. The van der Waals surface area contributed by atoms with Crippen LogP contribution in [0.5, 0.6) is 0 Å². The molecule has 20 nitrogen and oxygen atoms in total. The second-order valence-electron chi connectivity index (χ2n) is 20.9. The van der Waals surface area contributed by atoms with E-state index in [1.165, 1.54) is 0 Å². The summed E-state index contributed by atoms with van der Waals surface area (Å²) in [6.07, 6.45) is 4.24. The van der Waals surface area contributed by atoms with E-state index in [0.717, 1.165) is 136 Å². The molecule has 1 unspecified atom stereocenters. The molecule has 0 bridgehead atoms. The van der Waals surface area contributed by atoms with Gasteiger partial charge in [-0.2, -0.15) is 0 Å². The van der Waals surface area contributed by atoms with Crippen molar-refractivity contribution < 1.29 is 24.0 Å². The summed E-state index contributed by atoms with van der Waals surface area (Å²) in [6, 6.07) is 15.0. The summed E-state index contributed by atoms with van der Waals surface area (Å²) in [6.45, 7) is 20.7. The average molecular weight is 978 g/mol. The summed E-state index contributed by atoms with van der Waals surface area (Å²) in [4.78, 5) is 90.0. The molecule has 2 atom stereocenters. The molecule has 0 saturated carbocycles. The normalized spacial score (nSPS) is 23.1. The van der Waals surface area contributed by atoms with E-state index in [-0.39, 0.29) is 24.7 Å². The smallest absolute Gasteiger partial charge is 0.262 e. The van der Waals surface area contributed by atoms with E-state index >= 15 is 0 Å². The number of rotatable bonds is 11. The molecule has 11 rings (SSSR count). The van der Waals surface area contributed by atoms with Gasteiger partial charge in [-0.15, -0.1) is 0 Å². The maximum atomic E-state index is 13.9. The van der Waals surface area contributed by atoms with E-state index in [2.05, 4.69) is 69.7 Å². The number of nitrogens with zero attached hydrogens (tertiary/aromatic N) is 13. The van der Waals surface area contributed by atoms with Crippen LogP contribution in [0.25, 0.3) is 0 Å². The van der Waals surface area contributed by atoms with Crippen molar-refractivity contribution in [1.29, 1.82) is 0 Å². The van der Waals surface area contributed by atoms with E-state index in [1.54, 1.807) is 16.8 Å². The number of allylic oxidation sites excluding steroid dienone is 1. The zero-order chi connectivity index (χ0) is 50.0. The Morgan fingerprint density at radius 2 is 1.61 bits per heavy atom. The maximum Gasteiger partial charge on any atom is 0.262 e. The predicted molar refractivity (Wildman–Crippen MR) is 271 cm³/mol. The lowest BCUT2D eigenvalue weighted by molar-refractivity contribution is -0.136. The van der Waals surface area contributed by atoms with Crippen LogP contribution in [0.1, 0.15) is 90.8 Å². The first-order valence-electron chi connectivity index (χ1n) is 25.5. The maximum absolute atomic E-state index is 13.9. The number of piperidine rings is 2. The second kappa shape index (κ2) is 18.9. The quantitative estimate of drug-likeness (QED) is 0.208. The molecule has 9 heterocycles. The molecule has 0 radical (unpaired) electrons. The zero-order valence-corrected chi connectivity index (χ0v) is 41.8. The third-order valence-corrected chi connectivity index (χ3v) is 16.2. The highest BCUT2D eigenvalue weighted by molar-refractivity contribution is 6.24. The average Bonchev–Trinajstić information content (AvgIpc) is 4.11. The first kappa shape index (κ1) is 47.4. The molecular formula is C52H63N15O5. The minimum Gasteiger partial charge on any atom is -0.371 e. The SMILES string of the molecule is CC1=C(C(=O)Nc2ccc3c(c2)C(c2ccnc(N4CCN(CCN5CCN(CC6CCN(c7ccc8c(c7)C(=O)N(C7CCC(=O)NC7=O)C8=O)CC6)CC5)[C@@H](C)C4)c2)=NC3)C(C)(C)n2nnnc2N1C. The van der Waals surface area contributed by atoms with Crippen LogP contribution in [0.3, 0.4) is 0 Å². The molecule has 72 heavy (non-hydrogen) atoms. The molecule has 2 aromatic heterocycles. The van der Waals surface area contributed by atoms with E-state index in [0.29, 0.717) is 46.8 Å². The number of amides is 5. The van der Waals surface area contributed by atoms with Gasteiger partial charge in [0.25, 0.3) is 17.7 Å². The topological polar surface area (TPSA) is 201 Å². The molecule has 0 aliphatic carbocycles. The fourth-order valence-corrected chi connectivity index (χ4v) is 11.9. The van der Waals surface area contributed by atoms with Gasteiger partial charge >= 0.3 is 0 Å². The Balaban J connectivity index is 0.626. The number of anilines is 4.